The molecule has 0 fully saturated rings. The van der Waals surface area contributed by atoms with Gasteiger partial charge in [0.2, 0.25) is 5.91 Å². The van der Waals surface area contributed by atoms with E-state index in [1.807, 2.05) is 19.9 Å². The van der Waals surface area contributed by atoms with Crippen LogP contribution in [0.5, 0.6) is 0 Å². The Morgan fingerprint density at radius 1 is 1.39 bits per heavy atom. The second-order valence-electron chi connectivity index (χ2n) is 4.36. The maximum absolute atomic E-state index is 11.7. The van der Waals surface area contributed by atoms with Crippen LogP contribution in [0.3, 0.4) is 0 Å². The SMILES string of the molecule is CC(CO)C(C)NCC(=O)Nc1ccccc1Cl. The zero-order chi connectivity index (χ0) is 13.5. The number of nitrogens with one attached hydrogen (secondary N) is 2. The molecule has 4 nitrogen and oxygen atoms in total. The van der Waals surface area contributed by atoms with E-state index < -0.39 is 0 Å². The van der Waals surface area contributed by atoms with Gasteiger partial charge in [0.1, 0.15) is 0 Å². The summed E-state index contributed by atoms with van der Waals surface area (Å²) in [5.41, 5.74) is 0.605. The Kier molecular flexibility index (Phi) is 6.12. The molecule has 1 aromatic rings. The third-order valence-corrected chi connectivity index (χ3v) is 3.20. The van der Waals surface area contributed by atoms with Gasteiger partial charge in [-0.2, -0.15) is 0 Å². The van der Waals surface area contributed by atoms with Crippen LogP contribution in [0.15, 0.2) is 24.3 Å². The van der Waals surface area contributed by atoms with E-state index in [2.05, 4.69) is 10.6 Å². The number of aliphatic hydroxyl groups is 1. The molecule has 0 aliphatic rings. The average molecular weight is 271 g/mol. The van der Waals surface area contributed by atoms with Crippen molar-refractivity contribution in [3.63, 3.8) is 0 Å². The highest BCUT2D eigenvalue weighted by atomic mass is 35.5. The number of para-hydroxylation sites is 1. The predicted molar refractivity (Wildman–Crippen MR) is 73.8 cm³/mol. The molecule has 5 heteroatoms. The molecule has 1 amide bonds. The number of hydrogen-bond acceptors (Lipinski definition) is 3. The molecule has 0 aliphatic carbocycles. The molecule has 1 rings (SSSR count). The largest absolute Gasteiger partial charge is 0.396 e. The maximum Gasteiger partial charge on any atom is 0.238 e. The zero-order valence-corrected chi connectivity index (χ0v) is 11.4. The summed E-state index contributed by atoms with van der Waals surface area (Å²) in [5, 5.41) is 15.3. The number of anilines is 1. The molecule has 0 aromatic heterocycles. The third kappa shape index (κ3) is 4.64. The highest BCUT2D eigenvalue weighted by Crippen LogP contribution is 2.19. The lowest BCUT2D eigenvalue weighted by Crippen LogP contribution is -2.39. The van der Waals surface area contributed by atoms with Crippen molar-refractivity contribution in [2.75, 3.05) is 18.5 Å². The Morgan fingerprint density at radius 3 is 2.67 bits per heavy atom. The van der Waals surface area contributed by atoms with Crippen molar-refractivity contribution in [3.8, 4) is 0 Å². The number of rotatable bonds is 6. The smallest absolute Gasteiger partial charge is 0.238 e. The molecule has 2 atom stereocenters. The van der Waals surface area contributed by atoms with Crippen LogP contribution in [-0.4, -0.2) is 30.2 Å². The molecule has 2 unspecified atom stereocenters. The first-order valence-electron chi connectivity index (χ1n) is 5.93. The van der Waals surface area contributed by atoms with Gasteiger partial charge in [-0.1, -0.05) is 30.7 Å². The molecule has 0 radical (unpaired) electrons. The monoisotopic (exact) mass is 270 g/mol. The normalized spacial score (nSPS) is 14.0. The minimum Gasteiger partial charge on any atom is -0.396 e. The molecule has 3 N–H and O–H groups in total. The summed E-state index contributed by atoms with van der Waals surface area (Å²) in [6.07, 6.45) is 0. The minimum absolute atomic E-state index is 0.0759. The molecule has 1 aromatic carbocycles. The van der Waals surface area contributed by atoms with Gasteiger partial charge in [0, 0.05) is 12.6 Å². The summed E-state index contributed by atoms with van der Waals surface area (Å²) < 4.78 is 0. The Hall–Kier alpha value is -1.10. The summed E-state index contributed by atoms with van der Waals surface area (Å²) in [5.74, 6) is -0.0433. The molecule has 0 bridgehead atoms. The van der Waals surface area contributed by atoms with Gasteiger partial charge in [-0.25, -0.2) is 0 Å². The standard InChI is InChI=1S/C13H19ClN2O2/c1-9(8-17)10(2)15-7-13(18)16-12-6-4-3-5-11(12)14/h3-6,9-10,15,17H,7-8H2,1-2H3,(H,16,18). The number of halogens is 1. The summed E-state index contributed by atoms with van der Waals surface area (Å²) in [6, 6.07) is 7.17. The van der Waals surface area contributed by atoms with Gasteiger partial charge >= 0.3 is 0 Å². The number of aliphatic hydroxyl groups excluding tert-OH is 1. The molecular formula is C13H19ClN2O2. The lowest BCUT2D eigenvalue weighted by Gasteiger charge is -2.19. The van der Waals surface area contributed by atoms with Crippen LogP contribution in [0.2, 0.25) is 5.02 Å². The highest BCUT2D eigenvalue weighted by molar-refractivity contribution is 6.33. The lowest BCUT2D eigenvalue weighted by molar-refractivity contribution is -0.115. The molecule has 0 saturated heterocycles. The average Bonchev–Trinajstić information content (AvgIpc) is 2.37. The maximum atomic E-state index is 11.7. The Balaban J connectivity index is 2.41. The highest BCUT2D eigenvalue weighted by Gasteiger charge is 2.12. The van der Waals surface area contributed by atoms with Gasteiger partial charge in [0.05, 0.1) is 17.3 Å². The zero-order valence-electron chi connectivity index (χ0n) is 10.6. The third-order valence-electron chi connectivity index (χ3n) is 2.87. The van der Waals surface area contributed by atoms with E-state index in [9.17, 15) is 4.79 Å². The Morgan fingerprint density at radius 2 is 2.06 bits per heavy atom. The van der Waals surface area contributed by atoms with Crippen LogP contribution in [-0.2, 0) is 4.79 Å². The van der Waals surface area contributed by atoms with Crippen LogP contribution >= 0.6 is 11.6 Å². The fourth-order valence-electron chi connectivity index (χ4n) is 1.37. The van der Waals surface area contributed by atoms with Crippen molar-refractivity contribution >= 4 is 23.2 Å². The Bertz CT molecular complexity index is 398. The first-order chi connectivity index (χ1) is 8.54. The van der Waals surface area contributed by atoms with Crippen molar-refractivity contribution in [1.82, 2.24) is 5.32 Å². The van der Waals surface area contributed by atoms with E-state index in [0.717, 1.165) is 0 Å². The number of carbonyl (C=O) groups is 1. The molecule has 0 saturated carbocycles. The van der Waals surface area contributed by atoms with E-state index in [4.69, 9.17) is 16.7 Å². The van der Waals surface area contributed by atoms with E-state index in [1.54, 1.807) is 18.2 Å². The number of hydrogen-bond donors (Lipinski definition) is 3. The first kappa shape index (κ1) is 15.0. The Labute approximate surface area is 112 Å². The van der Waals surface area contributed by atoms with Gasteiger partial charge in [-0.3, -0.25) is 4.79 Å². The van der Waals surface area contributed by atoms with Gasteiger partial charge in [0.25, 0.3) is 0 Å². The van der Waals surface area contributed by atoms with E-state index in [0.29, 0.717) is 10.7 Å². The van der Waals surface area contributed by atoms with Gasteiger partial charge in [0.15, 0.2) is 0 Å². The fourth-order valence-corrected chi connectivity index (χ4v) is 1.55. The quantitative estimate of drug-likeness (QED) is 0.740. The minimum atomic E-state index is -0.153. The summed E-state index contributed by atoms with van der Waals surface area (Å²) in [7, 11) is 0. The van der Waals surface area contributed by atoms with Gasteiger partial charge < -0.3 is 15.7 Å². The van der Waals surface area contributed by atoms with Crippen LogP contribution in [0.25, 0.3) is 0 Å². The van der Waals surface area contributed by atoms with Crippen molar-refractivity contribution in [2.45, 2.75) is 19.9 Å². The van der Waals surface area contributed by atoms with Crippen molar-refractivity contribution in [1.29, 1.82) is 0 Å². The van der Waals surface area contributed by atoms with Crippen LogP contribution in [0, 0.1) is 5.92 Å². The molecule has 0 spiro atoms. The second-order valence-corrected chi connectivity index (χ2v) is 4.76. The molecule has 18 heavy (non-hydrogen) atoms. The van der Waals surface area contributed by atoms with Crippen LogP contribution in [0.1, 0.15) is 13.8 Å². The fraction of sp³-hybridized carbons (Fsp3) is 0.462. The summed E-state index contributed by atoms with van der Waals surface area (Å²) in [4.78, 5) is 11.7. The van der Waals surface area contributed by atoms with Gasteiger partial charge in [-0.05, 0) is 25.0 Å². The predicted octanol–water partition coefficient (Wildman–Crippen LogP) is 1.88. The molecular weight excluding hydrogens is 252 g/mol. The number of carbonyl (C=O) groups excluding carboxylic acids is 1. The number of amides is 1. The van der Waals surface area contributed by atoms with E-state index >= 15 is 0 Å². The van der Waals surface area contributed by atoms with Crippen molar-refractivity contribution < 1.29 is 9.90 Å². The lowest BCUT2D eigenvalue weighted by atomic mass is 10.1. The molecule has 0 aliphatic heterocycles. The summed E-state index contributed by atoms with van der Waals surface area (Å²) >= 11 is 5.94. The van der Waals surface area contributed by atoms with Crippen molar-refractivity contribution in [2.24, 2.45) is 5.92 Å². The van der Waals surface area contributed by atoms with Gasteiger partial charge in [-0.15, -0.1) is 0 Å². The molecule has 100 valence electrons. The second kappa shape index (κ2) is 7.36. The van der Waals surface area contributed by atoms with E-state index in [1.165, 1.54) is 0 Å². The first-order valence-corrected chi connectivity index (χ1v) is 6.31. The van der Waals surface area contributed by atoms with E-state index in [-0.39, 0.29) is 31.0 Å². The van der Waals surface area contributed by atoms with Crippen molar-refractivity contribution in [3.05, 3.63) is 29.3 Å². The summed E-state index contributed by atoms with van der Waals surface area (Å²) in [6.45, 7) is 4.14. The number of benzene rings is 1. The van der Waals surface area contributed by atoms with Crippen LogP contribution < -0.4 is 10.6 Å². The van der Waals surface area contributed by atoms with Crippen LogP contribution in [0.4, 0.5) is 5.69 Å². The molecule has 0 heterocycles. The topological polar surface area (TPSA) is 61.4 Å².